The molecule has 6 nitrogen and oxygen atoms in total. The van der Waals surface area contributed by atoms with E-state index in [9.17, 15) is 14.9 Å². The smallest absolute Gasteiger partial charge is 0.266 e. The maximum absolute atomic E-state index is 12.6. The van der Waals surface area contributed by atoms with E-state index in [0.29, 0.717) is 32.7 Å². The third-order valence-corrected chi connectivity index (χ3v) is 5.48. The van der Waals surface area contributed by atoms with Gasteiger partial charge in [0.25, 0.3) is 11.8 Å². The van der Waals surface area contributed by atoms with E-state index >= 15 is 0 Å². The number of nitriles is 1. The summed E-state index contributed by atoms with van der Waals surface area (Å²) in [5, 5.41) is 15.6. The zero-order valence-electron chi connectivity index (χ0n) is 18.5. The van der Waals surface area contributed by atoms with Crippen LogP contribution in [0.3, 0.4) is 0 Å². The Bertz CT molecular complexity index is 1310. The van der Waals surface area contributed by atoms with Crippen LogP contribution in [0.15, 0.2) is 66.2 Å². The number of nitrogens with one attached hydrogen (secondary N) is 2. The van der Waals surface area contributed by atoms with Gasteiger partial charge in [0, 0.05) is 11.4 Å². The van der Waals surface area contributed by atoms with Gasteiger partial charge in [-0.2, -0.15) is 5.26 Å². The fourth-order valence-electron chi connectivity index (χ4n) is 3.07. The highest BCUT2D eigenvalue weighted by Gasteiger charge is 2.12. The van der Waals surface area contributed by atoms with Crippen LogP contribution in [-0.4, -0.2) is 18.4 Å². The van der Waals surface area contributed by atoms with E-state index in [1.807, 2.05) is 32.0 Å². The third-order valence-electron chi connectivity index (χ3n) is 4.74. The molecule has 0 aromatic heterocycles. The van der Waals surface area contributed by atoms with E-state index in [1.165, 1.54) is 6.08 Å². The summed E-state index contributed by atoms with van der Waals surface area (Å²) in [7, 11) is 0. The fourth-order valence-corrected chi connectivity index (χ4v) is 3.37. The van der Waals surface area contributed by atoms with Gasteiger partial charge in [0.2, 0.25) is 0 Å². The normalized spacial score (nSPS) is 10.9. The molecule has 3 rings (SSSR count). The highest BCUT2D eigenvalue weighted by Crippen LogP contribution is 2.25. The molecule has 0 unspecified atom stereocenters. The van der Waals surface area contributed by atoms with Gasteiger partial charge in [-0.25, -0.2) is 0 Å². The van der Waals surface area contributed by atoms with Crippen molar-refractivity contribution in [2.45, 2.75) is 13.8 Å². The Kier molecular flexibility index (Phi) is 8.31. The summed E-state index contributed by atoms with van der Waals surface area (Å²) in [5.74, 6) is -0.489. The number of carbonyl (C=O) groups is 2. The molecule has 0 heterocycles. The molecule has 0 spiro atoms. The van der Waals surface area contributed by atoms with Crippen molar-refractivity contribution in [1.29, 1.82) is 5.26 Å². The zero-order chi connectivity index (χ0) is 24.7. The molecule has 172 valence electrons. The molecule has 8 heteroatoms. The number of hydrogen-bond donors (Lipinski definition) is 2. The van der Waals surface area contributed by atoms with Crippen LogP contribution in [0.4, 0.5) is 11.4 Å². The lowest BCUT2D eigenvalue weighted by Gasteiger charge is -2.10. The topological polar surface area (TPSA) is 91.2 Å². The number of rotatable bonds is 7. The number of ether oxygens (including phenoxy) is 1. The van der Waals surface area contributed by atoms with Gasteiger partial charge in [-0.05, 0) is 67.4 Å². The highest BCUT2D eigenvalue weighted by atomic mass is 35.5. The number of halogens is 2. The molecule has 0 fully saturated rings. The minimum Gasteiger partial charge on any atom is -0.484 e. The lowest BCUT2D eigenvalue weighted by Crippen LogP contribution is -2.20. The number of aryl methyl sites for hydroxylation is 2. The predicted molar refractivity (Wildman–Crippen MR) is 135 cm³/mol. The van der Waals surface area contributed by atoms with E-state index in [4.69, 9.17) is 27.9 Å². The first-order valence-electron chi connectivity index (χ1n) is 10.2. The van der Waals surface area contributed by atoms with Crippen LogP contribution < -0.4 is 15.4 Å². The molecule has 0 aliphatic heterocycles. The first-order valence-corrected chi connectivity index (χ1v) is 11.0. The Balaban J connectivity index is 1.64. The summed E-state index contributed by atoms with van der Waals surface area (Å²) in [6, 6.07) is 19.1. The first-order chi connectivity index (χ1) is 16.2. The van der Waals surface area contributed by atoms with Crippen molar-refractivity contribution in [3.63, 3.8) is 0 Å². The Morgan fingerprint density at radius 2 is 1.79 bits per heavy atom. The molecule has 0 aliphatic rings. The van der Waals surface area contributed by atoms with Crippen molar-refractivity contribution >= 4 is 52.5 Å². The number of benzene rings is 3. The van der Waals surface area contributed by atoms with Gasteiger partial charge in [0.15, 0.2) is 6.61 Å². The van der Waals surface area contributed by atoms with Gasteiger partial charge < -0.3 is 15.4 Å². The Labute approximate surface area is 207 Å². The van der Waals surface area contributed by atoms with Crippen molar-refractivity contribution in [3.05, 3.63) is 93.0 Å². The summed E-state index contributed by atoms with van der Waals surface area (Å²) in [6.07, 6.45) is 1.46. The van der Waals surface area contributed by atoms with E-state index < -0.39 is 5.91 Å². The molecule has 0 bridgehead atoms. The Hall–Kier alpha value is -3.79. The van der Waals surface area contributed by atoms with Gasteiger partial charge in [0.05, 0.1) is 10.0 Å². The van der Waals surface area contributed by atoms with Crippen LogP contribution in [0.1, 0.15) is 16.7 Å². The second kappa shape index (κ2) is 11.4. The van der Waals surface area contributed by atoms with Crippen LogP contribution in [0.25, 0.3) is 6.08 Å². The lowest BCUT2D eigenvalue weighted by molar-refractivity contribution is -0.118. The first kappa shape index (κ1) is 24.8. The predicted octanol–water partition coefficient (Wildman–Crippen LogP) is 6.17. The summed E-state index contributed by atoms with van der Waals surface area (Å²) < 4.78 is 5.55. The Morgan fingerprint density at radius 1 is 1.00 bits per heavy atom. The van der Waals surface area contributed by atoms with E-state index in [0.717, 1.165) is 11.1 Å². The second-order valence-corrected chi connectivity index (χ2v) is 8.29. The number of carbonyl (C=O) groups excluding carboxylic acids is 2. The van der Waals surface area contributed by atoms with Gasteiger partial charge >= 0.3 is 0 Å². The number of anilines is 2. The summed E-state index contributed by atoms with van der Waals surface area (Å²) in [4.78, 5) is 24.8. The highest BCUT2D eigenvalue weighted by molar-refractivity contribution is 6.42. The summed E-state index contributed by atoms with van der Waals surface area (Å²) in [5.41, 5.74) is 3.63. The largest absolute Gasteiger partial charge is 0.484 e. The number of amides is 2. The molecule has 3 aromatic carbocycles. The maximum atomic E-state index is 12.6. The molecule has 2 amide bonds. The summed E-state index contributed by atoms with van der Waals surface area (Å²) >= 11 is 11.8. The van der Waals surface area contributed by atoms with Crippen LogP contribution in [-0.2, 0) is 9.59 Å². The minimum absolute atomic E-state index is 0.0607. The van der Waals surface area contributed by atoms with Gasteiger partial charge in [-0.3, -0.25) is 9.59 Å². The van der Waals surface area contributed by atoms with Crippen molar-refractivity contribution in [3.8, 4) is 11.8 Å². The second-order valence-electron chi connectivity index (χ2n) is 7.48. The van der Waals surface area contributed by atoms with Gasteiger partial charge in [-0.15, -0.1) is 0 Å². The molecular weight excluding hydrogens is 473 g/mol. The maximum Gasteiger partial charge on any atom is 0.266 e. The quantitative estimate of drug-likeness (QED) is 0.304. The lowest BCUT2D eigenvalue weighted by atomic mass is 10.1. The number of hydrogen-bond acceptors (Lipinski definition) is 4. The Morgan fingerprint density at radius 3 is 2.50 bits per heavy atom. The van der Waals surface area contributed by atoms with Crippen molar-refractivity contribution < 1.29 is 14.3 Å². The minimum atomic E-state index is -0.512. The van der Waals surface area contributed by atoms with Crippen LogP contribution in [0, 0.1) is 25.2 Å². The van der Waals surface area contributed by atoms with Crippen molar-refractivity contribution in [2.75, 3.05) is 17.2 Å². The van der Waals surface area contributed by atoms with Crippen molar-refractivity contribution in [1.82, 2.24) is 0 Å². The molecule has 0 atom stereocenters. The van der Waals surface area contributed by atoms with Crippen molar-refractivity contribution in [2.24, 2.45) is 0 Å². The average Bonchev–Trinajstić information content (AvgIpc) is 2.80. The molecular formula is C26H21Cl2N3O3. The van der Waals surface area contributed by atoms with Gasteiger partial charge in [-0.1, -0.05) is 53.0 Å². The molecule has 2 N–H and O–H groups in total. The molecule has 0 saturated heterocycles. The molecule has 0 aliphatic carbocycles. The van der Waals surface area contributed by atoms with Gasteiger partial charge in [0.1, 0.15) is 17.4 Å². The summed E-state index contributed by atoms with van der Waals surface area (Å²) in [6.45, 7) is 3.60. The zero-order valence-corrected chi connectivity index (χ0v) is 20.0. The van der Waals surface area contributed by atoms with E-state index in [-0.39, 0.29) is 18.1 Å². The van der Waals surface area contributed by atoms with E-state index in [1.54, 1.807) is 48.5 Å². The molecule has 0 radical (unpaired) electrons. The third kappa shape index (κ3) is 6.85. The number of nitrogens with zero attached hydrogens (tertiary/aromatic N) is 1. The van der Waals surface area contributed by atoms with E-state index in [2.05, 4.69) is 10.6 Å². The average molecular weight is 494 g/mol. The standard InChI is InChI=1S/C26H21Cl2N3O3/c1-16-6-9-24(17(2)10-16)31-26(33)19(14-29)11-18-4-3-5-21(12-18)34-15-25(32)30-20-7-8-22(27)23(28)13-20/h3-13H,15H2,1-2H3,(H,30,32)(H,31,33)/b19-11+. The molecule has 34 heavy (non-hydrogen) atoms. The molecule has 3 aromatic rings. The SMILES string of the molecule is Cc1ccc(NC(=O)/C(C#N)=C/c2cccc(OCC(=O)Nc3ccc(Cl)c(Cl)c3)c2)c(C)c1. The fraction of sp³-hybridized carbons (Fsp3) is 0.115. The van der Waals surface area contributed by atoms with Crippen LogP contribution in [0.5, 0.6) is 5.75 Å². The monoisotopic (exact) mass is 493 g/mol. The molecule has 0 saturated carbocycles. The van der Waals surface area contributed by atoms with Crippen LogP contribution >= 0.6 is 23.2 Å². The van der Waals surface area contributed by atoms with Crippen LogP contribution in [0.2, 0.25) is 10.0 Å².